The Balaban J connectivity index is 1.56. The molecule has 1 heterocycles. The van der Waals surface area contributed by atoms with E-state index < -0.39 is 6.04 Å². The lowest BCUT2D eigenvalue weighted by Gasteiger charge is -2.23. The summed E-state index contributed by atoms with van der Waals surface area (Å²) in [4.78, 5) is 26.1. The fraction of sp³-hybridized carbons (Fsp3) is 0.300. The minimum absolute atomic E-state index is 0.0746. The molecule has 0 aromatic heterocycles. The van der Waals surface area contributed by atoms with Gasteiger partial charge in [0.1, 0.15) is 6.04 Å². The molecule has 0 saturated heterocycles. The number of hydrogen-bond donors (Lipinski definition) is 1. The van der Waals surface area contributed by atoms with E-state index in [-0.39, 0.29) is 11.8 Å². The molecule has 0 aliphatic carbocycles. The zero-order valence-corrected chi connectivity index (χ0v) is 13.9. The van der Waals surface area contributed by atoms with Gasteiger partial charge in [0, 0.05) is 25.6 Å². The van der Waals surface area contributed by atoms with Gasteiger partial charge in [-0.2, -0.15) is 0 Å². The smallest absolute Gasteiger partial charge is 0.243 e. The number of para-hydroxylation sites is 1. The third-order valence-corrected chi connectivity index (χ3v) is 4.40. The molecule has 1 atom stereocenters. The lowest BCUT2D eigenvalue weighted by molar-refractivity contribution is -0.125. The van der Waals surface area contributed by atoms with Crippen LogP contribution in [-0.2, 0) is 22.4 Å². The highest BCUT2D eigenvalue weighted by Gasteiger charge is 2.36. The second kappa shape index (κ2) is 7.30. The first-order valence-corrected chi connectivity index (χ1v) is 8.36. The molecule has 0 fully saturated rings. The molecule has 2 amide bonds. The van der Waals surface area contributed by atoms with Crippen LogP contribution in [0.1, 0.15) is 24.5 Å². The van der Waals surface area contributed by atoms with Gasteiger partial charge >= 0.3 is 0 Å². The Hall–Kier alpha value is -2.62. The molecule has 1 N–H and O–H groups in total. The number of nitrogens with zero attached hydrogens (tertiary/aromatic N) is 1. The molecule has 0 bridgehead atoms. The SMILES string of the molecule is CC(=O)N1c2ccccc2CC1C(=O)NCCCc1ccccc1. The van der Waals surface area contributed by atoms with E-state index in [1.165, 1.54) is 12.5 Å². The van der Waals surface area contributed by atoms with Gasteiger partial charge in [-0.3, -0.25) is 14.5 Å². The summed E-state index contributed by atoms with van der Waals surface area (Å²) in [6.45, 7) is 2.13. The van der Waals surface area contributed by atoms with Gasteiger partial charge in [-0.15, -0.1) is 0 Å². The Labute approximate surface area is 142 Å². The number of nitrogens with one attached hydrogen (secondary N) is 1. The number of fused-ring (bicyclic) bond motifs is 1. The summed E-state index contributed by atoms with van der Waals surface area (Å²) < 4.78 is 0. The van der Waals surface area contributed by atoms with Crippen LogP contribution in [0.15, 0.2) is 54.6 Å². The standard InChI is InChI=1S/C20H22N2O2/c1-15(23)22-18-12-6-5-11-17(18)14-19(22)20(24)21-13-7-10-16-8-3-2-4-9-16/h2-6,8-9,11-12,19H,7,10,13-14H2,1H3,(H,21,24). The molecule has 0 saturated carbocycles. The van der Waals surface area contributed by atoms with Crippen molar-refractivity contribution >= 4 is 17.5 Å². The monoisotopic (exact) mass is 322 g/mol. The maximum Gasteiger partial charge on any atom is 0.243 e. The van der Waals surface area contributed by atoms with E-state index in [0.29, 0.717) is 13.0 Å². The van der Waals surface area contributed by atoms with Gasteiger partial charge in [-0.1, -0.05) is 48.5 Å². The molecule has 24 heavy (non-hydrogen) atoms. The maximum atomic E-state index is 12.5. The molecule has 3 rings (SSSR count). The number of rotatable bonds is 5. The lowest BCUT2D eigenvalue weighted by atomic mass is 10.1. The number of anilines is 1. The van der Waals surface area contributed by atoms with Crippen molar-refractivity contribution in [2.24, 2.45) is 0 Å². The van der Waals surface area contributed by atoms with Crippen LogP contribution in [0.4, 0.5) is 5.69 Å². The van der Waals surface area contributed by atoms with Crippen LogP contribution >= 0.6 is 0 Å². The maximum absolute atomic E-state index is 12.5. The average molecular weight is 322 g/mol. The molecule has 2 aromatic carbocycles. The zero-order chi connectivity index (χ0) is 16.9. The predicted molar refractivity (Wildman–Crippen MR) is 94.9 cm³/mol. The summed E-state index contributed by atoms with van der Waals surface area (Å²) in [5.74, 6) is -0.168. The van der Waals surface area contributed by atoms with Crippen molar-refractivity contribution in [1.82, 2.24) is 5.32 Å². The van der Waals surface area contributed by atoms with Gasteiger partial charge in [0.2, 0.25) is 11.8 Å². The summed E-state index contributed by atoms with van der Waals surface area (Å²) in [6.07, 6.45) is 2.40. The largest absolute Gasteiger partial charge is 0.354 e. The summed E-state index contributed by atoms with van der Waals surface area (Å²) >= 11 is 0. The van der Waals surface area contributed by atoms with Crippen LogP contribution < -0.4 is 10.2 Å². The molecule has 1 unspecified atom stereocenters. The lowest BCUT2D eigenvalue weighted by Crippen LogP contribution is -2.47. The number of hydrogen-bond acceptors (Lipinski definition) is 2. The number of carbonyl (C=O) groups is 2. The van der Waals surface area contributed by atoms with E-state index in [2.05, 4.69) is 17.4 Å². The molecule has 4 nitrogen and oxygen atoms in total. The summed E-state index contributed by atoms with van der Waals surface area (Å²) in [5.41, 5.74) is 3.18. The van der Waals surface area contributed by atoms with Gasteiger partial charge in [0.05, 0.1) is 0 Å². The van der Waals surface area contributed by atoms with Crippen molar-refractivity contribution in [3.63, 3.8) is 0 Å². The van der Waals surface area contributed by atoms with Gasteiger partial charge < -0.3 is 5.32 Å². The second-order valence-electron chi connectivity index (χ2n) is 6.12. The number of carbonyl (C=O) groups excluding carboxylic acids is 2. The topological polar surface area (TPSA) is 49.4 Å². The highest BCUT2D eigenvalue weighted by molar-refractivity contribution is 6.02. The second-order valence-corrected chi connectivity index (χ2v) is 6.12. The van der Waals surface area contributed by atoms with Crippen molar-refractivity contribution in [2.75, 3.05) is 11.4 Å². The Morgan fingerprint density at radius 3 is 2.54 bits per heavy atom. The van der Waals surface area contributed by atoms with E-state index in [9.17, 15) is 9.59 Å². The first kappa shape index (κ1) is 16.2. The van der Waals surface area contributed by atoms with Gasteiger partial charge in [0.15, 0.2) is 0 Å². The van der Waals surface area contributed by atoms with Crippen LogP contribution in [0.3, 0.4) is 0 Å². The van der Waals surface area contributed by atoms with Crippen LogP contribution in [0.5, 0.6) is 0 Å². The number of aryl methyl sites for hydroxylation is 1. The van der Waals surface area contributed by atoms with E-state index in [0.717, 1.165) is 24.1 Å². The Morgan fingerprint density at radius 2 is 1.79 bits per heavy atom. The van der Waals surface area contributed by atoms with Crippen LogP contribution in [-0.4, -0.2) is 24.4 Å². The summed E-state index contributed by atoms with van der Waals surface area (Å²) in [6, 6.07) is 17.5. The molecule has 0 radical (unpaired) electrons. The van der Waals surface area contributed by atoms with Gasteiger partial charge in [-0.05, 0) is 30.0 Å². The van der Waals surface area contributed by atoms with Crippen LogP contribution in [0.25, 0.3) is 0 Å². The number of benzene rings is 2. The quantitative estimate of drug-likeness (QED) is 0.861. The van der Waals surface area contributed by atoms with Crippen LogP contribution in [0.2, 0.25) is 0 Å². The summed E-state index contributed by atoms with van der Waals surface area (Å²) in [7, 11) is 0. The fourth-order valence-electron chi connectivity index (χ4n) is 3.25. The Morgan fingerprint density at radius 1 is 1.08 bits per heavy atom. The van der Waals surface area contributed by atoms with Crippen molar-refractivity contribution in [3.05, 3.63) is 65.7 Å². The minimum atomic E-state index is -0.434. The normalized spacial score (nSPS) is 15.9. The van der Waals surface area contributed by atoms with E-state index in [4.69, 9.17) is 0 Å². The highest BCUT2D eigenvalue weighted by atomic mass is 16.2. The molecule has 4 heteroatoms. The van der Waals surface area contributed by atoms with Gasteiger partial charge in [0.25, 0.3) is 0 Å². The Kier molecular flexibility index (Phi) is 4.94. The first-order valence-electron chi connectivity index (χ1n) is 8.36. The first-order chi connectivity index (χ1) is 11.7. The molecule has 2 aromatic rings. The van der Waals surface area contributed by atoms with E-state index >= 15 is 0 Å². The average Bonchev–Trinajstić information content (AvgIpc) is 2.99. The van der Waals surface area contributed by atoms with Crippen molar-refractivity contribution in [3.8, 4) is 0 Å². The van der Waals surface area contributed by atoms with E-state index in [1.54, 1.807) is 4.90 Å². The minimum Gasteiger partial charge on any atom is -0.354 e. The van der Waals surface area contributed by atoms with E-state index in [1.807, 2.05) is 42.5 Å². The molecular weight excluding hydrogens is 300 g/mol. The van der Waals surface area contributed by atoms with Crippen molar-refractivity contribution in [1.29, 1.82) is 0 Å². The van der Waals surface area contributed by atoms with Gasteiger partial charge in [-0.25, -0.2) is 0 Å². The van der Waals surface area contributed by atoms with Crippen molar-refractivity contribution < 1.29 is 9.59 Å². The Bertz CT molecular complexity index is 727. The zero-order valence-electron chi connectivity index (χ0n) is 13.9. The molecule has 0 spiro atoms. The molecule has 124 valence electrons. The highest BCUT2D eigenvalue weighted by Crippen LogP contribution is 2.32. The van der Waals surface area contributed by atoms with Crippen LogP contribution in [0, 0.1) is 0 Å². The molecule has 1 aliphatic rings. The molecule has 1 aliphatic heterocycles. The molecular formula is C20H22N2O2. The predicted octanol–water partition coefficient (Wildman–Crippen LogP) is 2.71. The summed E-state index contributed by atoms with van der Waals surface area (Å²) in [5, 5.41) is 2.98. The third-order valence-electron chi connectivity index (χ3n) is 4.40. The third kappa shape index (κ3) is 3.48. The fourth-order valence-corrected chi connectivity index (χ4v) is 3.25. The van der Waals surface area contributed by atoms with Crippen molar-refractivity contribution in [2.45, 2.75) is 32.2 Å². The number of amides is 2.